The molecule has 4 aromatic rings. The van der Waals surface area contributed by atoms with Gasteiger partial charge in [-0.15, -0.1) is 0 Å². The van der Waals surface area contributed by atoms with E-state index in [0.29, 0.717) is 65.3 Å². The first-order chi connectivity index (χ1) is 30.0. The molecule has 2 aromatic carbocycles. The normalized spacial score (nSPS) is 18.8. The standard InChI is InChI=1S/C46H57ClN8O7/c47-42-33-8-4-5-9-36(33)51-38-25-31(10-12-34(38)42)43(58)48-27-41(57)52-39(24-30-6-2-1-3-7-30)45(60)54-18-15-46(61,16-19-54)28-55-29-49-37-26-32(11-13-35(37)44(55)59)50-40(56)14-17-53-20-22-62-23-21-53/h10-13,25-26,29-30,39,61H,1-9,14-24,27-28H2,(H,48,58)(H,50,56)(H,52,57)/t39-/m0/s1. The van der Waals surface area contributed by atoms with Crippen molar-refractivity contribution in [3.8, 4) is 0 Å². The van der Waals surface area contributed by atoms with E-state index in [1.165, 1.54) is 10.9 Å². The predicted molar refractivity (Wildman–Crippen MR) is 236 cm³/mol. The molecule has 8 rings (SSSR count). The number of aliphatic hydroxyl groups is 1. The van der Waals surface area contributed by atoms with Gasteiger partial charge in [0.1, 0.15) is 6.04 Å². The fraction of sp³-hybridized carbons (Fsp3) is 0.543. The first-order valence-electron chi connectivity index (χ1n) is 22.3. The summed E-state index contributed by atoms with van der Waals surface area (Å²) in [5.41, 5.74) is 2.49. The number of carbonyl (C=O) groups is 4. The third-order valence-electron chi connectivity index (χ3n) is 13.1. The maximum atomic E-state index is 14.1. The van der Waals surface area contributed by atoms with Crippen LogP contribution in [0.3, 0.4) is 0 Å². The van der Waals surface area contributed by atoms with Gasteiger partial charge in [-0.25, -0.2) is 4.98 Å². The number of halogens is 1. The average molecular weight is 869 g/mol. The lowest BCUT2D eigenvalue weighted by Crippen LogP contribution is -2.56. The summed E-state index contributed by atoms with van der Waals surface area (Å²) >= 11 is 6.74. The molecule has 62 heavy (non-hydrogen) atoms. The van der Waals surface area contributed by atoms with Gasteiger partial charge >= 0.3 is 0 Å². The quantitative estimate of drug-likeness (QED) is 0.150. The fourth-order valence-electron chi connectivity index (χ4n) is 9.49. The molecular weight excluding hydrogens is 812 g/mol. The van der Waals surface area contributed by atoms with Crippen LogP contribution in [0.4, 0.5) is 5.69 Å². The lowest BCUT2D eigenvalue weighted by molar-refractivity contribution is -0.141. The summed E-state index contributed by atoms with van der Waals surface area (Å²) in [6.45, 7) is 3.78. The van der Waals surface area contributed by atoms with Gasteiger partial charge in [0.05, 0.1) is 59.7 Å². The molecule has 4 heterocycles. The van der Waals surface area contributed by atoms with Crippen LogP contribution in [0.2, 0.25) is 5.02 Å². The second-order valence-electron chi connectivity index (χ2n) is 17.5. The Hall–Kier alpha value is -4.96. The summed E-state index contributed by atoms with van der Waals surface area (Å²) in [4.78, 5) is 80.1. The van der Waals surface area contributed by atoms with Crippen LogP contribution in [-0.4, -0.2) is 117 Å². The van der Waals surface area contributed by atoms with Gasteiger partial charge in [0, 0.05) is 61.5 Å². The lowest BCUT2D eigenvalue weighted by Gasteiger charge is -2.40. The number of aromatic nitrogens is 3. The summed E-state index contributed by atoms with van der Waals surface area (Å²) in [7, 11) is 0. The Morgan fingerprint density at radius 3 is 2.45 bits per heavy atom. The number of nitrogens with one attached hydrogen (secondary N) is 3. The van der Waals surface area contributed by atoms with Crippen LogP contribution in [0.15, 0.2) is 47.5 Å². The number of anilines is 1. The Labute approximate surface area is 365 Å². The van der Waals surface area contributed by atoms with E-state index in [4.69, 9.17) is 21.3 Å². The number of likely N-dealkylation sites (tertiary alicyclic amines) is 1. The number of piperidine rings is 1. The van der Waals surface area contributed by atoms with Crippen molar-refractivity contribution in [3.63, 3.8) is 0 Å². The topological polar surface area (TPSA) is 188 Å². The van der Waals surface area contributed by atoms with E-state index in [9.17, 15) is 29.1 Å². The number of carbonyl (C=O) groups excluding carboxylic acids is 4. The van der Waals surface area contributed by atoms with Gasteiger partial charge in [0.15, 0.2) is 0 Å². The molecule has 0 unspecified atom stereocenters. The Balaban J connectivity index is 0.859. The minimum atomic E-state index is -1.26. The molecule has 4 N–H and O–H groups in total. The van der Waals surface area contributed by atoms with E-state index in [1.807, 2.05) is 0 Å². The number of hydrogen-bond donors (Lipinski definition) is 4. The Kier molecular flexibility index (Phi) is 13.8. The summed E-state index contributed by atoms with van der Waals surface area (Å²) in [6, 6.07) is 9.41. The molecule has 0 radical (unpaired) electrons. The number of aryl methyl sites for hydroxylation is 1. The molecule has 330 valence electrons. The summed E-state index contributed by atoms with van der Waals surface area (Å²) in [6.07, 6.45) is 11.9. The smallest absolute Gasteiger partial charge is 0.261 e. The van der Waals surface area contributed by atoms with Crippen LogP contribution in [0.25, 0.3) is 21.8 Å². The van der Waals surface area contributed by atoms with Crippen LogP contribution in [-0.2, 0) is 38.5 Å². The van der Waals surface area contributed by atoms with Gasteiger partial charge in [-0.2, -0.15) is 0 Å². The molecule has 2 saturated heterocycles. The van der Waals surface area contributed by atoms with Crippen LogP contribution < -0.4 is 21.5 Å². The Bertz CT molecular complexity index is 2370. The first kappa shape index (κ1) is 43.7. The highest BCUT2D eigenvalue weighted by Crippen LogP contribution is 2.34. The predicted octanol–water partition coefficient (Wildman–Crippen LogP) is 4.38. The van der Waals surface area contributed by atoms with Crippen molar-refractivity contribution < 1.29 is 29.0 Å². The van der Waals surface area contributed by atoms with E-state index in [0.717, 1.165) is 87.5 Å². The number of nitrogens with zero attached hydrogens (tertiary/aromatic N) is 5. The van der Waals surface area contributed by atoms with E-state index in [-0.39, 0.29) is 62.3 Å². The maximum absolute atomic E-state index is 14.1. The van der Waals surface area contributed by atoms with E-state index >= 15 is 0 Å². The van der Waals surface area contributed by atoms with E-state index in [2.05, 4.69) is 25.8 Å². The molecule has 2 aliphatic heterocycles. The largest absolute Gasteiger partial charge is 0.388 e. The van der Waals surface area contributed by atoms with Crippen molar-refractivity contribution in [3.05, 3.63) is 74.9 Å². The fourth-order valence-corrected chi connectivity index (χ4v) is 9.85. The number of pyridine rings is 1. The lowest BCUT2D eigenvalue weighted by atomic mass is 9.84. The summed E-state index contributed by atoms with van der Waals surface area (Å²) < 4.78 is 6.77. The number of fused-ring (bicyclic) bond motifs is 3. The van der Waals surface area contributed by atoms with E-state index < -0.39 is 23.5 Å². The van der Waals surface area contributed by atoms with Crippen molar-refractivity contribution >= 4 is 62.7 Å². The third kappa shape index (κ3) is 10.4. The van der Waals surface area contributed by atoms with Gasteiger partial charge in [0.2, 0.25) is 17.7 Å². The number of ether oxygens (including phenoxy) is 1. The molecule has 4 amide bonds. The van der Waals surface area contributed by atoms with Crippen molar-refractivity contribution in [2.45, 2.75) is 102 Å². The highest BCUT2D eigenvalue weighted by molar-refractivity contribution is 6.36. The second kappa shape index (κ2) is 19.6. The molecule has 0 bridgehead atoms. The molecule has 3 fully saturated rings. The minimum Gasteiger partial charge on any atom is -0.388 e. The highest BCUT2D eigenvalue weighted by Gasteiger charge is 2.38. The molecular formula is C46H57ClN8O7. The Morgan fingerprint density at radius 2 is 1.66 bits per heavy atom. The van der Waals surface area contributed by atoms with Gasteiger partial charge in [-0.1, -0.05) is 49.8 Å². The van der Waals surface area contributed by atoms with Gasteiger partial charge < -0.3 is 30.7 Å². The van der Waals surface area contributed by atoms with Crippen molar-refractivity contribution in [1.82, 2.24) is 35.0 Å². The van der Waals surface area contributed by atoms with Gasteiger partial charge in [0.25, 0.3) is 11.5 Å². The molecule has 15 nitrogen and oxygen atoms in total. The zero-order valence-corrected chi connectivity index (χ0v) is 36.0. The zero-order valence-electron chi connectivity index (χ0n) is 35.3. The van der Waals surface area contributed by atoms with Gasteiger partial charge in [-0.3, -0.25) is 38.4 Å². The van der Waals surface area contributed by atoms with Crippen LogP contribution in [0.1, 0.15) is 92.2 Å². The molecule has 2 aliphatic carbocycles. The molecule has 0 spiro atoms. The number of rotatable bonds is 13. The monoisotopic (exact) mass is 868 g/mol. The number of amides is 4. The van der Waals surface area contributed by atoms with Crippen LogP contribution in [0, 0.1) is 5.92 Å². The molecule has 16 heteroatoms. The van der Waals surface area contributed by atoms with Crippen molar-refractivity contribution in [2.24, 2.45) is 5.92 Å². The molecule has 2 aromatic heterocycles. The minimum absolute atomic E-state index is 0.00127. The molecule has 1 saturated carbocycles. The second-order valence-corrected chi connectivity index (χ2v) is 17.9. The maximum Gasteiger partial charge on any atom is 0.261 e. The van der Waals surface area contributed by atoms with Crippen molar-refractivity contribution in [1.29, 1.82) is 0 Å². The highest BCUT2D eigenvalue weighted by atomic mass is 35.5. The summed E-state index contributed by atoms with van der Waals surface area (Å²) in [5, 5.41) is 22.1. The van der Waals surface area contributed by atoms with Crippen LogP contribution >= 0.6 is 11.6 Å². The SMILES string of the molecule is O=C(CCN1CCOCC1)Nc1ccc2c(=O)n(CC3(O)CCN(C(=O)[C@H](CC4CCCCC4)NC(=O)CNC(=O)c4ccc5c(Cl)c6c(nc5c4)CCCC6)CC3)cnc2c1. The molecule has 4 aliphatic rings. The third-order valence-corrected chi connectivity index (χ3v) is 13.6. The average Bonchev–Trinajstić information content (AvgIpc) is 3.29. The number of benzene rings is 2. The zero-order chi connectivity index (χ0) is 43.2. The summed E-state index contributed by atoms with van der Waals surface area (Å²) in [5.74, 6) is -0.933. The van der Waals surface area contributed by atoms with E-state index in [1.54, 1.807) is 41.3 Å². The van der Waals surface area contributed by atoms with Crippen molar-refractivity contribution in [2.75, 3.05) is 57.8 Å². The number of morpholine rings is 1. The first-order valence-corrected chi connectivity index (χ1v) is 22.7. The molecule has 1 atom stereocenters. The Morgan fingerprint density at radius 1 is 0.903 bits per heavy atom. The van der Waals surface area contributed by atoms with Crippen LogP contribution in [0.5, 0.6) is 0 Å². The number of hydrogen-bond acceptors (Lipinski definition) is 10. The van der Waals surface area contributed by atoms with Gasteiger partial charge in [-0.05, 0) is 86.8 Å².